The largest absolute Gasteiger partial charge is 0.493 e. The molecule has 0 radical (unpaired) electrons. The summed E-state index contributed by atoms with van der Waals surface area (Å²) < 4.78 is 16.5. The van der Waals surface area contributed by atoms with Crippen LogP contribution in [0.25, 0.3) is 0 Å². The van der Waals surface area contributed by atoms with Gasteiger partial charge in [0, 0.05) is 39.3 Å². The van der Waals surface area contributed by atoms with Gasteiger partial charge >= 0.3 is 0 Å². The molecule has 8 heteroatoms. The molecule has 1 fully saturated rings. The normalized spacial score (nSPS) is 16.6. The predicted molar refractivity (Wildman–Crippen MR) is 118 cm³/mol. The highest BCUT2D eigenvalue weighted by atomic mass is 35.5. The zero-order valence-electron chi connectivity index (χ0n) is 18.3. The number of morpholine rings is 1. The van der Waals surface area contributed by atoms with E-state index in [1.54, 1.807) is 14.2 Å². The van der Waals surface area contributed by atoms with Crippen molar-refractivity contribution in [3.05, 3.63) is 22.7 Å². The van der Waals surface area contributed by atoms with Crippen LogP contribution in [0.2, 0.25) is 5.02 Å². The molecule has 1 heterocycles. The summed E-state index contributed by atoms with van der Waals surface area (Å²) in [6.07, 6.45) is 0. The van der Waals surface area contributed by atoms with Crippen molar-refractivity contribution in [1.82, 2.24) is 15.5 Å². The fraction of sp³-hybridized carbons (Fsp3) is 0.667. The van der Waals surface area contributed by atoms with E-state index in [1.807, 2.05) is 19.1 Å². The van der Waals surface area contributed by atoms with Gasteiger partial charge in [-0.15, -0.1) is 0 Å². The SMILES string of the molecule is CCOc1c(Cl)cc(CNC(=NC)NCC(C(C)C)N2CCOCC2)cc1OC. The number of rotatable bonds is 9. The number of nitrogens with zero attached hydrogens (tertiary/aromatic N) is 2. The molecule has 7 nitrogen and oxygen atoms in total. The van der Waals surface area contributed by atoms with Crippen LogP contribution >= 0.6 is 11.6 Å². The van der Waals surface area contributed by atoms with Gasteiger partial charge in [0.25, 0.3) is 0 Å². The molecule has 29 heavy (non-hydrogen) atoms. The van der Waals surface area contributed by atoms with Crippen molar-refractivity contribution in [1.29, 1.82) is 0 Å². The predicted octanol–water partition coefficient (Wildman–Crippen LogP) is 2.77. The van der Waals surface area contributed by atoms with Crippen molar-refractivity contribution in [2.45, 2.75) is 33.4 Å². The van der Waals surface area contributed by atoms with Crippen LogP contribution in [0.5, 0.6) is 11.5 Å². The van der Waals surface area contributed by atoms with E-state index in [2.05, 4.69) is 34.4 Å². The second-order valence-corrected chi connectivity index (χ2v) is 7.72. The van der Waals surface area contributed by atoms with Crippen molar-refractivity contribution in [2.75, 3.05) is 53.6 Å². The Labute approximate surface area is 179 Å². The van der Waals surface area contributed by atoms with Crippen LogP contribution in [0, 0.1) is 5.92 Å². The molecular formula is C21H35ClN4O3. The molecule has 0 bridgehead atoms. The van der Waals surface area contributed by atoms with E-state index in [9.17, 15) is 0 Å². The fourth-order valence-corrected chi connectivity index (χ4v) is 3.75. The third-order valence-electron chi connectivity index (χ3n) is 5.02. The van der Waals surface area contributed by atoms with Crippen molar-refractivity contribution in [3.8, 4) is 11.5 Å². The third-order valence-corrected chi connectivity index (χ3v) is 5.31. The quantitative estimate of drug-likeness (QED) is 0.467. The highest BCUT2D eigenvalue weighted by Crippen LogP contribution is 2.36. The number of ether oxygens (including phenoxy) is 3. The summed E-state index contributed by atoms with van der Waals surface area (Å²) in [6, 6.07) is 4.25. The van der Waals surface area contributed by atoms with Crippen LogP contribution in [0.1, 0.15) is 26.3 Å². The van der Waals surface area contributed by atoms with Gasteiger partial charge in [-0.05, 0) is 30.5 Å². The lowest BCUT2D eigenvalue weighted by Crippen LogP contribution is -2.52. The van der Waals surface area contributed by atoms with Gasteiger partial charge < -0.3 is 24.8 Å². The fourth-order valence-electron chi connectivity index (χ4n) is 3.46. The molecule has 0 amide bonds. The Morgan fingerprint density at radius 3 is 2.59 bits per heavy atom. The molecule has 1 aliphatic rings. The van der Waals surface area contributed by atoms with Gasteiger partial charge in [-0.25, -0.2) is 0 Å². The van der Waals surface area contributed by atoms with Crippen LogP contribution in [0.15, 0.2) is 17.1 Å². The van der Waals surface area contributed by atoms with Gasteiger partial charge in [0.2, 0.25) is 0 Å². The van der Waals surface area contributed by atoms with Gasteiger partial charge in [0.05, 0.1) is 32.0 Å². The lowest BCUT2D eigenvalue weighted by molar-refractivity contribution is 0.00752. The van der Waals surface area contributed by atoms with Crippen molar-refractivity contribution in [2.24, 2.45) is 10.9 Å². The number of benzene rings is 1. The maximum Gasteiger partial charge on any atom is 0.191 e. The lowest BCUT2D eigenvalue weighted by Gasteiger charge is -2.37. The van der Waals surface area contributed by atoms with Gasteiger partial charge in [-0.2, -0.15) is 0 Å². The molecule has 0 spiro atoms. The first-order valence-electron chi connectivity index (χ1n) is 10.3. The minimum absolute atomic E-state index is 0.428. The number of hydrogen-bond donors (Lipinski definition) is 2. The molecule has 1 atom stereocenters. The van der Waals surface area contributed by atoms with Crippen molar-refractivity contribution < 1.29 is 14.2 Å². The van der Waals surface area contributed by atoms with Gasteiger partial charge in [0.15, 0.2) is 17.5 Å². The van der Waals surface area contributed by atoms with Crippen molar-refractivity contribution in [3.63, 3.8) is 0 Å². The molecule has 1 unspecified atom stereocenters. The van der Waals surface area contributed by atoms with E-state index in [1.165, 1.54) is 0 Å². The Bertz CT molecular complexity index is 664. The zero-order valence-corrected chi connectivity index (χ0v) is 19.0. The molecule has 1 aliphatic heterocycles. The Kier molecular flexibility index (Phi) is 9.84. The average molecular weight is 427 g/mol. The summed E-state index contributed by atoms with van der Waals surface area (Å²) in [4.78, 5) is 6.85. The molecule has 0 aliphatic carbocycles. The summed E-state index contributed by atoms with van der Waals surface area (Å²) >= 11 is 6.37. The lowest BCUT2D eigenvalue weighted by atomic mass is 10.0. The minimum Gasteiger partial charge on any atom is -0.493 e. The molecular weight excluding hydrogens is 392 g/mol. The van der Waals surface area contributed by atoms with Crippen LogP contribution in [0.4, 0.5) is 0 Å². The number of nitrogens with one attached hydrogen (secondary N) is 2. The molecule has 1 aromatic rings. The maximum absolute atomic E-state index is 6.37. The summed E-state index contributed by atoms with van der Waals surface area (Å²) in [6.45, 7) is 11.9. The topological polar surface area (TPSA) is 67.4 Å². The van der Waals surface area contributed by atoms with E-state index in [0.29, 0.717) is 41.6 Å². The summed E-state index contributed by atoms with van der Waals surface area (Å²) in [5, 5.41) is 7.35. The minimum atomic E-state index is 0.428. The Balaban J connectivity index is 1.95. The standard InChI is InChI=1S/C21H35ClN4O3/c1-6-29-20-17(22)11-16(12-19(20)27-5)13-24-21(23-4)25-14-18(15(2)3)26-7-9-28-10-8-26/h11-12,15,18H,6-10,13-14H2,1-5H3,(H2,23,24,25). The summed E-state index contributed by atoms with van der Waals surface area (Å²) in [5.74, 6) is 2.50. The first-order chi connectivity index (χ1) is 14.0. The van der Waals surface area contributed by atoms with Crippen LogP contribution in [-0.4, -0.2) is 70.5 Å². The summed E-state index contributed by atoms with van der Waals surface area (Å²) in [5.41, 5.74) is 0.992. The monoisotopic (exact) mass is 426 g/mol. The number of methoxy groups -OCH3 is 1. The van der Waals surface area contributed by atoms with E-state index >= 15 is 0 Å². The molecule has 0 saturated carbocycles. The van der Waals surface area contributed by atoms with Gasteiger partial charge in [-0.3, -0.25) is 9.89 Å². The number of hydrogen-bond acceptors (Lipinski definition) is 5. The van der Waals surface area contributed by atoms with Gasteiger partial charge in [0.1, 0.15) is 0 Å². The van der Waals surface area contributed by atoms with Crippen LogP contribution in [-0.2, 0) is 11.3 Å². The van der Waals surface area contributed by atoms with E-state index in [-0.39, 0.29) is 0 Å². The maximum atomic E-state index is 6.37. The highest BCUT2D eigenvalue weighted by Gasteiger charge is 2.24. The van der Waals surface area contributed by atoms with Gasteiger partial charge in [-0.1, -0.05) is 25.4 Å². The zero-order chi connectivity index (χ0) is 21.2. The average Bonchev–Trinajstić information content (AvgIpc) is 2.72. The molecule has 2 rings (SSSR count). The third kappa shape index (κ3) is 6.94. The molecule has 1 aromatic carbocycles. The Hall–Kier alpha value is -1.70. The highest BCUT2D eigenvalue weighted by molar-refractivity contribution is 6.32. The number of aliphatic imine (C=N–C) groups is 1. The molecule has 164 valence electrons. The summed E-state index contributed by atoms with van der Waals surface area (Å²) in [7, 11) is 3.39. The number of guanidine groups is 1. The molecule has 2 N–H and O–H groups in total. The smallest absolute Gasteiger partial charge is 0.191 e. The Morgan fingerprint density at radius 1 is 1.28 bits per heavy atom. The first kappa shape index (κ1) is 23.6. The second kappa shape index (κ2) is 12.1. The van der Waals surface area contributed by atoms with E-state index in [0.717, 1.165) is 44.4 Å². The Morgan fingerprint density at radius 2 is 2.00 bits per heavy atom. The van der Waals surface area contributed by atoms with Crippen LogP contribution < -0.4 is 20.1 Å². The number of halogens is 1. The second-order valence-electron chi connectivity index (χ2n) is 7.31. The van der Waals surface area contributed by atoms with E-state index < -0.39 is 0 Å². The molecule has 0 aromatic heterocycles. The van der Waals surface area contributed by atoms with Crippen LogP contribution in [0.3, 0.4) is 0 Å². The van der Waals surface area contributed by atoms with E-state index in [4.69, 9.17) is 25.8 Å². The molecule has 1 saturated heterocycles. The first-order valence-corrected chi connectivity index (χ1v) is 10.6. The van der Waals surface area contributed by atoms with Crippen molar-refractivity contribution >= 4 is 17.6 Å².